The summed E-state index contributed by atoms with van der Waals surface area (Å²) in [6.45, 7) is 5.47. The lowest BCUT2D eigenvalue weighted by Crippen LogP contribution is -2.49. The molecular formula is C41H45ClN2O6. The topological polar surface area (TPSA) is 103 Å². The van der Waals surface area contributed by atoms with Gasteiger partial charge in [-0.2, -0.15) is 0 Å². The molecule has 262 valence electrons. The van der Waals surface area contributed by atoms with E-state index in [1.54, 1.807) is 36.1 Å². The quantitative estimate of drug-likeness (QED) is 0.285. The van der Waals surface area contributed by atoms with Crippen molar-refractivity contribution in [1.82, 2.24) is 9.80 Å². The fourth-order valence-corrected chi connectivity index (χ4v) is 8.45. The third kappa shape index (κ3) is 7.74. The van der Waals surface area contributed by atoms with Gasteiger partial charge in [-0.1, -0.05) is 53.5 Å². The van der Waals surface area contributed by atoms with Gasteiger partial charge in [0.2, 0.25) is 0 Å². The van der Waals surface area contributed by atoms with Gasteiger partial charge in [0.15, 0.2) is 5.76 Å². The van der Waals surface area contributed by atoms with Crippen LogP contribution < -0.4 is 0 Å². The van der Waals surface area contributed by atoms with Crippen LogP contribution in [-0.4, -0.2) is 75.0 Å². The SMILES string of the molecule is CCOC(=O)N1CCC2C1CCCC2(O)C#Cc1cccc(Cl)c1.Cc1cccc(C#C[C@]2(O)CCC[C@@H]3[C@H]2CCN3C(=O)c2ccco2)c1. The number of furan rings is 1. The lowest BCUT2D eigenvalue weighted by Gasteiger charge is -2.40. The standard InChI is InChI=1S/C22H23NO3.C19H22ClNO3/c1-16-5-2-6-17(15-16)9-12-22(25)11-3-7-19-18(22)10-13-23(19)21(24)20-8-4-14-26-20;1-2-24-18(22)21-12-9-16-17(21)7-4-10-19(16,23)11-8-14-5-3-6-15(20)13-14/h2,4-6,8,14-15,18-19,25H,3,7,10-11,13H2,1H3;3,5-6,13,16-17,23H,2,4,7,9-10,12H2,1H3/t18-,19-,22-;/m1./s1. The molecule has 50 heavy (non-hydrogen) atoms. The normalized spacial score (nSPS) is 28.1. The highest BCUT2D eigenvalue weighted by Gasteiger charge is 2.51. The van der Waals surface area contributed by atoms with Crippen molar-refractivity contribution in [2.24, 2.45) is 11.8 Å². The fraction of sp³-hybridized carbons (Fsp3) is 0.463. The van der Waals surface area contributed by atoms with E-state index in [-0.39, 0.29) is 35.9 Å². The number of hydrogen-bond donors (Lipinski definition) is 2. The highest BCUT2D eigenvalue weighted by atomic mass is 35.5. The zero-order valence-electron chi connectivity index (χ0n) is 28.7. The molecule has 1 aromatic heterocycles. The summed E-state index contributed by atoms with van der Waals surface area (Å²) in [5, 5.41) is 23.0. The number of hydrogen-bond acceptors (Lipinski definition) is 6. The molecule has 2 N–H and O–H groups in total. The minimum Gasteiger partial charge on any atom is -0.459 e. The Morgan fingerprint density at radius 3 is 2.04 bits per heavy atom. The number of ether oxygens (including phenoxy) is 1. The summed E-state index contributed by atoms with van der Waals surface area (Å²) in [4.78, 5) is 28.4. The molecule has 3 heterocycles. The Balaban J connectivity index is 0.000000174. The van der Waals surface area contributed by atoms with Crippen LogP contribution in [0.5, 0.6) is 0 Å². The van der Waals surface area contributed by atoms with E-state index in [9.17, 15) is 19.8 Å². The molecular weight excluding hydrogens is 652 g/mol. The van der Waals surface area contributed by atoms with E-state index in [1.165, 1.54) is 6.26 Å². The number of carbonyl (C=O) groups is 2. The van der Waals surface area contributed by atoms with E-state index >= 15 is 0 Å². The van der Waals surface area contributed by atoms with E-state index in [1.807, 2.05) is 48.2 Å². The van der Waals surface area contributed by atoms with E-state index in [0.29, 0.717) is 43.3 Å². The Morgan fingerprint density at radius 2 is 1.46 bits per heavy atom. The summed E-state index contributed by atoms with van der Waals surface area (Å²) >= 11 is 5.99. The van der Waals surface area contributed by atoms with Crippen LogP contribution >= 0.6 is 11.6 Å². The number of carbonyl (C=O) groups excluding carboxylic acids is 2. The monoisotopic (exact) mass is 696 g/mol. The van der Waals surface area contributed by atoms with Gasteiger partial charge in [0, 0.05) is 53.2 Å². The number of likely N-dealkylation sites (tertiary alicyclic amines) is 2. The maximum atomic E-state index is 12.7. The molecule has 0 radical (unpaired) electrons. The number of fused-ring (bicyclic) bond motifs is 2. The summed E-state index contributed by atoms with van der Waals surface area (Å²) < 4.78 is 10.4. The van der Waals surface area contributed by atoms with Gasteiger partial charge >= 0.3 is 6.09 Å². The Morgan fingerprint density at radius 1 is 0.860 bits per heavy atom. The molecule has 4 fully saturated rings. The number of benzene rings is 2. The molecule has 2 aliphatic carbocycles. The van der Waals surface area contributed by atoms with Gasteiger partial charge in [0.25, 0.3) is 5.91 Å². The summed E-state index contributed by atoms with van der Waals surface area (Å²) in [6.07, 6.45) is 7.58. The number of aliphatic hydroxyl groups is 2. The van der Waals surface area contributed by atoms with Crippen LogP contribution in [0, 0.1) is 42.4 Å². The fourth-order valence-electron chi connectivity index (χ4n) is 8.25. The summed E-state index contributed by atoms with van der Waals surface area (Å²) in [6, 6.07) is 18.8. The van der Waals surface area contributed by atoms with E-state index < -0.39 is 11.2 Å². The van der Waals surface area contributed by atoms with Crippen LogP contribution in [0.4, 0.5) is 4.79 Å². The number of amides is 2. The second-order valence-corrected chi connectivity index (χ2v) is 14.2. The summed E-state index contributed by atoms with van der Waals surface area (Å²) in [5.74, 6) is 12.7. The molecule has 0 spiro atoms. The average Bonchev–Trinajstić information content (AvgIpc) is 3.89. The molecule has 8 nitrogen and oxygen atoms in total. The molecule has 2 aliphatic heterocycles. The number of nitrogens with zero attached hydrogens (tertiary/aromatic N) is 2. The summed E-state index contributed by atoms with van der Waals surface area (Å²) in [5.41, 5.74) is 0.763. The lowest BCUT2D eigenvalue weighted by atomic mass is 9.72. The van der Waals surface area contributed by atoms with E-state index in [2.05, 4.69) is 23.7 Å². The van der Waals surface area contributed by atoms with Crippen molar-refractivity contribution in [2.75, 3.05) is 19.7 Å². The first-order valence-corrected chi connectivity index (χ1v) is 18.1. The largest absolute Gasteiger partial charge is 0.459 e. The van der Waals surface area contributed by atoms with Crippen molar-refractivity contribution in [1.29, 1.82) is 0 Å². The van der Waals surface area contributed by atoms with Crippen molar-refractivity contribution in [3.8, 4) is 23.7 Å². The zero-order valence-corrected chi connectivity index (χ0v) is 29.5. The third-order valence-corrected chi connectivity index (χ3v) is 10.9. The molecule has 2 saturated carbocycles. The maximum absolute atomic E-state index is 12.7. The van der Waals surface area contributed by atoms with Crippen LogP contribution in [0.15, 0.2) is 71.3 Å². The van der Waals surface area contributed by atoms with Gasteiger partial charge in [-0.15, -0.1) is 0 Å². The van der Waals surface area contributed by atoms with Crippen LogP contribution in [0.3, 0.4) is 0 Å². The second-order valence-electron chi connectivity index (χ2n) is 13.8. The molecule has 9 heteroatoms. The van der Waals surface area contributed by atoms with Crippen LogP contribution in [0.25, 0.3) is 0 Å². The summed E-state index contributed by atoms with van der Waals surface area (Å²) in [7, 11) is 0. The number of aryl methyl sites for hydroxylation is 1. The number of rotatable bonds is 2. The van der Waals surface area contributed by atoms with Crippen molar-refractivity contribution in [2.45, 2.75) is 88.5 Å². The van der Waals surface area contributed by atoms with Gasteiger partial charge in [0.05, 0.1) is 12.9 Å². The van der Waals surface area contributed by atoms with Crippen molar-refractivity contribution < 1.29 is 29.0 Å². The van der Waals surface area contributed by atoms with Gasteiger partial charge in [0.1, 0.15) is 11.2 Å². The smallest absolute Gasteiger partial charge is 0.410 e. The first-order chi connectivity index (χ1) is 24.1. The Bertz CT molecular complexity index is 1800. The number of halogens is 1. The zero-order chi connectivity index (χ0) is 35.3. The first kappa shape index (κ1) is 35.6. The van der Waals surface area contributed by atoms with Crippen LogP contribution in [-0.2, 0) is 4.74 Å². The van der Waals surface area contributed by atoms with Crippen LogP contribution in [0.2, 0.25) is 5.02 Å². The molecule has 3 aromatic rings. The highest BCUT2D eigenvalue weighted by Crippen LogP contribution is 2.44. The minimum atomic E-state index is -1.06. The molecule has 2 amide bonds. The molecule has 6 atom stereocenters. The average molecular weight is 697 g/mol. The van der Waals surface area contributed by atoms with Crippen molar-refractivity contribution in [3.63, 3.8) is 0 Å². The van der Waals surface area contributed by atoms with Gasteiger partial charge in [-0.3, -0.25) is 4.79 Å². The Kier molecular flexibility index (Phi) is 10.9. The van der Waals surface area contributed by atoms with E-state index in [4.69, 9.17) is 20.8 Å². The molecule has 2 aromatic carbocycles. The Hall–Kier alpha value is -4.21. The molecule has 4 aliphatic rings. The minimum absolute atomic E-state index is 0.00697. The molecule has 2 saturated heterocycles. The van der Waals surface area contributed by atoms with Crippen LogP contribution in [0.1, 0.15) is 85.5 Å². The van der Waals surface area contributed by atoms with E-state index in [0.717, 1.165) is 55.2 Å². The predicted octanol–water partition coefficient (Wildman–Crippen LogP) is 6.84. The first-order valence-electron chi connectivity index (χ1n) is 17.7. The molecule has 3 unspecified atom stereocenters. The van der Waals surface area contributed by atoms with Crippen molar-refractivity contribution in [3.05, 3.63) is 94.4 Å². The highest BCUT2D eigenvalue weighted by molar-refractivity contribution is 6.30. The predicted molar refractivity (Wildman–Crippen MR) is 191 cm³/mol. The second kappa shape index (κ2) is 15.4. The van der Waals surface area contributed by atoms with Gasteiger partial charge < -0.3 is 29.2 Å². The van der Waals surface area contributed by atoms with Gasteiger partial charge in [-0.25, -0.2) is 4.79 Å². The Labute approximate surface area is 299 Å². The lowest BCUT2D eigenvalue weighted by molar-refractivity contribution is -0.0147. The van der Waals surface area contributed by atoms with Crippen molar-refractivity contribution >= 4 is 23.6 Å². The van der Waals surface area contributed by atoms with Gasteiger partial charge in [-0.05, 0) is 113 Å². The maximum Gasteiger partial charge on any atom is 0.410 e. The molecule has 0 bridgehead atoms. The third-order valence-electron chi connectivity index (χ3n) is 10.6. The molecule has 7 rings (SSSR count).